The van der Waals surface area contributed by atoms with E-state index >= 15 is 0 Å². The maximum Gasteiger partial charge on any atom is 0.166 e. The molecule has 0 radical (unpaired) electrons. The molecule has 3 nitrogen and oxygen atoms in total. The van der Waals surface area contributed by atoms with Crippen molar-refractivity contribution in [3.63, 3.8) is 0 Å². The van der Waals surface area contributed by atoms with Crippen LogP contribution in [0.25, 0.3) is 0 Å². The van der Waals surface area contributed by atoms with E-state index in [1.165, 1.54) is 0 Å². The molecule has 24 heavy (non-hydrogen) atoms. The summed E-state index contributed by atoms with van der Waals surface area (Å²) in [6.45, 7) is 0. The van der Waals surface area contributed by atoms with E-state index in [0.29, 0.717) is 0 Å². The first-order chi connectivity index (χ1) is 11.7. The third kappa shape index (κ3) is 3.03. The summed E-state index contributed by atoms with van der Waals surface area (Å²) in [5, 5.41) is 0.469. The van der Waals surface area contributed by atoms with Crippen LogP contribution in [0, 0.1) is 5.92 Å². The van der Waals surface area contributed by atoms with Gasteiger partial charge < -0.3 is 4.74 Å². The fourth-order valence-corrected chi connectivity index (χ4v) is 5.92. The Kier molecular flexibility index (Phi) is 4.23. The quantitative estimate of drug-likeness (QED) is 0.777. The van der Waals surface area contributed by atoms with Crippen LogP contribution in [-0.2, 0) is 10.8 Å². The molecular formula is C20H20O3S. The van der Waals surface area contributed by atoms with Crippen molar-refractivity contribution in [2.24, 2.45) is 5.92 Å². The van der Waals surface area contributed by atoms with Crippen LogP contribution in [-0.4, -0.2) is 20.5 Å². The first kappa shape index (κ1) is 15.6. The summed E-state index contributed by atoms with van der Waals surface area (Å²) in [7, 11) is -0.711. The molecule has 2 bridgehead atoms. The molecule has 124 valence electrons. The average molecular weight is 340 g/mol. The highest BCUT2D eigenvalue weighted by Crippen LogP contribution is 2.40. The molecule has 0 saturated carbocycles. The molecule has 2 aliphatic heterocycles. The van der Waals surface area contributed by atoms with E-state index in [1.54, 1.807) is 0 Å². The Balaban J connectivity index is 1.45. The van der Waals surface area contributed by atoms with E-state index in [2.05, 4.69) is 0 Å². The first-order valence-corrected chi connectivity index (χ1v) is 9.75. The van der Waals surface area contributed by atoms with E-state index in [-0.39, 0.29) is 22.2 Å². The van der Waals surface area contributed by atoms with Crippen molar-refractivity contribution in [3.8, 4) is 11.5 Å². The van der Waals surface area contributed by atoms with Crippen molar-refractivity contribution in [3.05, 3.63) is 60.2 Å². The molecule has 4 rings (SSSR count). The number of ether oxygens (including phenoxy) is 1. The number of carbonyl (C=O) groups is 1. The number of fused-ring (bicyclic) bond motifs is 2. The SMILES string of the molecule is O=C(c1ccc(Oc2ccccc2)cc1)C1CC2CCC(C1)S2=O. The summed E-state index contributed by atoms with van der Waals surface area (Å²) in [6.07, 6.45) is 3.60. The maximum absolute atomic E-state index is 12.8. The van der Waals surface area contributed by atoms with Gasteiger partial charge in [-0.1, -0.05) is 18.2 Å². The topological polar surface area (TPSA) is 43.4 Å². The molecule has 2 saturated heterocycles. The molecule has 2 heterocycles. The lowest BCUT2D eigenvalue weighted by atomic mass is 9.90. The Hall–Kier alpha value is -1.94. The summed E-state index contributed by atoms with van der Waals surface area (Å²) in [6, 6.07) is 17.0. The number of ketones is 1. The van der Waals surface area contributed by atoms with Gasteiger partial charge in [0.1, 0.15) is 11.5 Å². The standard InChI is InChI=1S/C20H20O3S/c21-20(15-12-18-10-11-19(13-15)24(18)22)14-6-8-17(9-7-14)23-16-4-2-1-3-5-16/h1-9,15,18-19H,10-13H2. The Labute approximate surface area is 144 Å². The Morgan fingerprint density at radius 1 is 0.875 bits per heavy atom. The first-order valence-electron chi connectivity index (χ1n) is 8.47. The number of Topliss-reactive ketones (excluding diaryl/α,β-unsaturated/α-hetero) is 1. The van der Waals surface area contributed by atoms with Crippen molar-refractivity contribution in [2.45, 2.75) is 36.2 Å². The minimum Gasteiger partial charge on any atom is -0.457 e. The normalized spacial score (nSPS) is 28.5. The van der Waals surface area contributed by atoms with Crippen LogP contribution in [0.4, 0.5) is 0 Å². The van der Waals surface area contributed by atoms with Gasteiger partial charge in [0, 0.05) is 32.8 Å². The number of carbonyl (C=O) groups excluding carboxylic acids is 1. The minimum atomic E-state index is -0.711. The van der Waals surface area contributed by atoms with Crippen LogP contribution in [0.3, 0.4) is 0 Å². The number of hydrogen-bond acceptors (Lipinski definition) is 3. The molecule has 2 aromatic rings. The Bertz CT molecular complexity index is 738. The van der Waals surface area contributed by atoms with Gasteiger partial charge in [-0.05, 0) is 62.1 Å². The second kappa shape index (κ2) is 6.52. The highest BCUT2D eigenvalue weighted by molar-refractivity contribution is 7.86. The van der Waals surface area contributed by atoms with Gasteiger partial charge in [-0.2, -0.15) is 0 Å². The summed E-state index contributed by atoms with van der Waals surface area (Å²) in [5.74, 6) is 1.72. The molecule has 4 heteroatoms. The number of para-hydroxylation sites is 1. The predicted molar refractivity (Wildman–Crippen MR) is 95.0 cm³/mol. The molecule has 0 aliphatic carbocycles. The zero-order chi connectivity index (χ0) is 16.5. The number of rotatable bonds is 4. The molecule has 2 aliphatic rings. The maximum atomic E-state index is 12.8. The zero-order valence-electron chi connectivity index (χ0n) is 13.4. The fraction of sp³-hybridized carbons (Fsp3) is 0.350. The van der Waals surface area contributed by atoms with Crippen molar-refractivity contribution < 1.29 is 13.7 Å². The lowest BCUT2D eigenvalue weighted by Gasteiger charge is -2.26. The molecule has 2 atom stereocenters. The van der Waals surface area contributed by atoms with Crippen LogP contribution in [0.1, 0.15) is 36.0 Å². The highest BCUT2D eigenvalue weighted by Gasteiger charge is 2.42. The van der Waals surface area contributed by atoms with Crippen molar-refractivity contribution >= 4 is 16.6 Å². The number of hydrogen-bond donors (Lipinski definition) is 0. The van der Waals surface area contributed by atoms with E-state index in [0.717, 1.165) is 42.7 Å². The molecule has 0 spiro atoms. The van der Waals surface area contributed by atoms with Gasteiger partial charge in [0.2, 0.25) is 0 Å². The van der Waals surface area contributed by atoms with Crippen molar-refractivity contribution in [2.75, 3.05) is 0 Å². The third-order valence-electron chi connectivity index (χ3n) is 5.05. The second-order valence-electron chi connectivity index (χ2n) is 6.62. The van der Waals surface area contributed by atoms with Crippen LogP contribution >= 0.6 is 0 Å². The van der Waals surface area contributed by atoms with Crippen LogP contribution < -0.4 is 4.74 Å². The number of benzene rings is 2. The summed E-state index contributed by atoms with van der Waals surface area (Å²) < 4.78 is 17.9. The highest BCUT2D eigenvalue weighted by atomic mass is 32.2. The van der Waals surface area contributed by atoms with Gasteiger partial charge >= 0.3 is 0 Å². The van der Waals surface area contributed by atoms with E-state index in [9.17, 15) is 9.00 Å². The van der Waals surface area contributed by atoms with E-state index < -0.39 is 10.8 Å². The van der Waals surface area contributed by atoms with Gasteiger partial charge in [-0.15, -0.1) is 0 Å². The molecule has 0 amide bonds. The third-order valence-corrected chi connectivity index (χ3v) is 7.22. The van der Waals surface area contributed by atoms with Gasteiger partial charge in [-0.25, -0.2) is 0 Å². The summed E-state index contributed by atoms with van der Waals surface area (Å²) in [5.41, 5.74) is 0.729. The Morgan fingerprint density at radius 2 is 1.46 bits per heavy atom. The lowest BCUT2D eigenvalue weighted by Crippen LogP contribution is -2.32. The molecule has 2 fully saturated rings. The second-order valence-corrected chi connectivity index (χ2v) is 8.61. The minimum absolute atomic E-state index is 0.0288. The van der Waals surface area contributed by atoms with Crippen molar-refractivity contribution in [1.82, 2.24) is 0 Å². The Morgan fingerprint density at radius 3 is 2.08 bits per heavy atom. The van der Waals surface area contributed by atoms with Gasteiger partial charge in [0.15, 0.2) is 5.78 Å². The molecule has 0 aromatic heterocycles. The zero-order valence-corrected chi connectivity index (χ0v) is 14.2. The van der Waals surface area contributed by atoms with Crippen LogP contribution in [0.2, 0.25) is 0 Å². The van der Waals surface area contributed by atoms with E-state index in [4.69, 9.17) is 4.74 Å². The molecule has 2 aromatic carbocycles. The lowest BCUT2D eigenvalue weighted by molar-refractivity contribution is 0.0906. The smallest absolute Gasteiger partial charge is 0.166 e. The average Bonchev–Trinajstić information content (AvgIpc) is 2.84. The van der Waals surface area contributed by atoms with Gasteiger partial charge in [-0.3, -0.25) is 9.00 Å². The van der Waals surface area contributed by atoms with Gasteiger partial charge in [0.05, 0.1) is 0 Å². The fourth-order valence-electron chi connectivity index (χ4n) is 3.79. The molecule has 0 N–H and O–H groups in total. The van der Waals surface area contributed by atoms with E-state index in [1.807, 2.05) is 54.6 Å². The van der Waals surface area contributed by atoms with Crippen LogP contribution in [0.5, 0.6) is 11.5 Å². The van der Waals surface area contributed by atoms with Crippen LogP contribution in [0.15, 0.2) is 54.6 Å². The monoisotopic (exact) mass is 340 g/mol. The summed E-state index contributed by atoms with van der Waals surface area (Å²) in [4.78, 5) is 12.8. The van der Waals surface area contributed by atoms with Crippen molar-refractivity contribution in [1.29, 1.82) is 0 Å². The summed E-state index contributed by atoms with van der Waals surface area (Å²) >= 11 is 0. The molecule has 2 unspecified atom stereocenters. The molecular weight excluding hydrogens is 320 g/mol. The van der Waals surface area contributed by atoms with Gasteiger partial charge in [0.25, 0.3) is 0 Å². The predicted octanol–water partition coefficient (Wildman–Crippen LogP) is 4.35. The largest absolute Gasteiger partial charge is 0.457 e.